The molecule has 0 heterocycles. The highest BCUT2D eigenvalue weighted by Crippen LogP contribution is 2.43. The summed E-state index contributed by atoms with van der Waals surface area (Å²) in [5.74, 6) is -0.829. The minimum Gasteiger partial charge on any atom is -0.462 e. The van der Waals surface area contributed by atoms with Crippen molar-refractivity contribution < 1.29 is 42.1 Å². The highest BCUT2D eigenvalue weighted by Gasteiger charge is 2.27. The second-order valence-corrected chi connectivity index (χ2v) is 21.4. The molecule has 0 amide bonds. The van der Waals surface area contributed by atoms with Gasteiger partial charge in [0.2, 0.25) is 0 Å². The number of allylic oxidation sites excluding steroid dienone is 18. The van der Waals surface area contributed by atoms with Crippen LogP contribution in [-0.4, -0.2) is 74.9 Å². The Balaban J connectivity index is 4.15. The van der Waals surface area contributed by atoms with Crippen LogP contribution in [0.15, 0.2) is 109 Å². The maximum absolute atomic E-state index is 12.8. The standard InChI is InChI=1S/C62H106NO8P/c1-6-8-10-12-14-16-18-20-22-24-25-26-27-28-29-30-31-32-33-34-35-36-37-39-41-43-45-47-49-51-53-55-62(65)71-60(59-70-72(66,67)69-57-56-63(3,4)5)58-68-61(64)54-52-50-48-46-44-42-40-38-23-21-19-17-15-13-11-9-7-2/h8-11,14-17,20-23,25-26,28-29,40,42,60H,6-7,12-13,18-19,24,27,30-39,41,43-59H2,1-5H3/p+1/b10-8-,11-9-,16-14-,17-15-,22-20-,23-21-,26-25-,29-28-,42-40-. The van der Waals surface area contributed by atoms with Gasteiger partial charge in [-0.05, 0) is 96.3 Å². The van der Waals surface area contributed by atoms with Gasteiger partial charge in [0.05, 0.1) is 27.7 Å². The maximum Gasteiger partial charge on any atom is 0.472 e. The van der Waals surface area contributed by atoms with Crippen molar-refractivity contribution in [2.45, 2.75) is 225 Å². The lowest BCUT2D eigenvalue weighted by Crippen LogP contribution is -2.37. The minimum atomic E-state index is -4.40. The van der Waals surface area contributed by atoms with E-state index in [2.05, 4.69) is 123 Å². The number of carbonyl (C=O) groups excluding carboxylic acids is 2. The smallest absolute Gasteiger partial charge is 0.462 e. The first-order valence-electron chi connectivity index (χ1n) is 28.6. The number of hydrogen-bond donors (Lipinski definition) is 1. The summed E-state index contributed by atoms with van der Waals surface area (Å²) in [6.07, 6.45) is 73.0. The summed E-state index contributed by atoms with van der Waals surface area (Å²) < 4.78 is 34.5. The van der Waals surface area contributed by atoms with Crippen LogP contribution in [0.1, 0.15) is 219 Å². The molecule has 0 aromatic heterocycles. The molecule has 412 valence electrons. The monoisotopic (exact) mass is 1020 g/mol. The lowest BCUT2D eigenvalue weighted by Gasteiger charge is -2.24. The molecule has 0 saturated carbocycles. The van der Waals surface area contributed by atoms with Gasteiger partial charge >= 0.3 is 19.8 Å². The number of likely N-dealkylation sites (N-methyl/N-ethyl adjacent to an activating group) is 1. The highest BCUT2D eigenvalue weighted by atomic mass is 31.2. The summed E-state index contributed by atoms with van der Waals surface area (Å²) in [6, 6.07) is 0. The van der Waals surface area contributed by atoms with E-state index in [0.29, 0.717) is 23.9 Å². The molecule has 0 aromatic rings. The molecule has 0 fully saturated rings. The molecule has 0 radical (unpaired) electrons. The van der Waals surface area contributed by atoms with Gasteiger partial charge in [-0.1, -0.05) is 220 Å². The Morgan fingerprint density at radius 1 is 0.431 bits per heavy atom. The number of quaternary nitrogens is 1. The molecule has 2 atom stereocenters. The van der Waals surface area contributed by atoms with Gasteiger partial charge in [0.25, 0.3) is 0 Å². The number of rotatable bonds is 51. The number of nitrogens with zero attached hydrogens (tertiary/aromatic N) is 1. The fourth-order valence-electron chi connectivity index (χ4n) is 7.44. The Morgan fingerprint density at radius 2 is 0.750 bits per heavy atom. The predicted molar refractivity (Wildman–Crippen MR) is 307 cm³/mol. The van der Waals surface area contributed by atoms with Crippen molar-refractivity contribution in [3.8, 4) is 0 Å². The Bertz CT molecular complexity index is 1580. The van der Waals surface area contributed by atoms with Gasteiger partial charge in [0, 0.05) is 12.8 Å². The lowest BCUT2D eigenvalue weighted by molar-refractivity contribution is -0.870. The molecule has 9 nitrogen and oxygen atoms in total. The molecule has 0 saturated heterocycles. The van der Waals surface area contributed by atoms with Crippen molar-refractivity contribution in [3.63, 3.8) is 0 Å². The van der Waals surface area contributed by atoms with Crippen LogP contribution in [0.4, 0.5) is 0 Å². The highest BCUT2D eigenvalue weighted by molar-refractivity contribution is 7.47. The van der Waals surface area contributed by atoms with Crippen LogP contribution in [0.3, 0.4) is 0 Å². The largest absolute Gasteiger partial charge is 0.472 e. The average molecular weight is 1030 g/mol. The SMILES string of the molecule is CC/C=C\C/C=C\C/C=C\C/C=C\C/C=C\CCCCCCCCCCCCCCCCCC(=O)OC(COC(=O)CCCCCC/C=C\C/C=C\C/C=C\C/C=C\CC)COP(=O)(O)OCC[N+](C)(C)C. The van der Waals surface area contributed by atoms with Crippen LogP contribution in [0.2, 0.25) is 0 Å². The zero-order valence-electron chi connectivity index (χ0n) is 46.6. The third kappa shape index (κ3) is 56.0. The fraction of sp³-hybridized carbons (Fsp3) is 0.677. The van der Waals surface area contributed by atoms with Crippen LogP contribution in [0.5, 0.6) is 0 Å². The van der Waals surface area contributed by atoms with E-state index in [1.54, 1.807) is 0 Å². The Morgan fingerprint density at radius 3 is 1.11 bits per heavy atom. The number of ether oxygens (including phenoxy) is 2. The summed E-state index contributed by atoms with van der Waals surface area (Å²) in [5.41, 5.74) is 0. The average Bonchev–Trinajstić information content (AvgIpc) is 3.34. The van der Waals surface area contributed by atoms with Gasteiger partial charge in [-0.15, -0.1) is 0 Å². The molecule has 0 spiro atoms. The third-order valence-electron chi connectivity index (χ3n) is 11.8. The van der Waals surface area contributed by atoms with Crippen LogP contribution in [0, 0.1) is 0 Å². The number of phosphoric acid groups is 1. The van der Waals surface area contributed by atoms with Crippen LogP contribution in [0.25, 0.3) is 0 Å². The third-order valence-corrected chi connectivity index (χ3v) is 12.8. The second-order valence-electron chi connectivity index (χ2n) is 19.9. The second kappa shape index (κ2) is 52.5. The summed E-state index contributed by atoms with van der Waals surface area (Å²) in [7, 11) is 1.45. The van der Waals surface area contributed by atoms with Crippen molar-refractivity contribution in [2.24, 2.45) is 0 Å². The number of hydrogen-bond acceptors (Lipinski definition) is 7. The quantitative estimate of drug-likeness (QED) is 0.0211. The molecule has 0 aliphatic rings. The number of phosphoric ester groups is 1. The fourth-order valence-corrected chi connectivity index (χ4v) is 8.19. The van der Waals surface area contributed by atoms with E-state index in [0.717, 1.165) is 103 Å². The van der Waals surface area contributed by atoms with E-state index < -0.39 is 32.5 Å². The molecule has 0 bridgehead atoms. The molecule has 10 heteroatoms. The zero-order valence-corrected chi connectivity index (χ0v) is 47.5. The zero-order chi connectivity index (χ0) is 52.7. The first-order chi connectivity index (χ1) is 35.0. The normalized spacial score (nSPS) is 14.1. The number of carbonyl (C=O) groups is 2. The Kier molecular flexibility index (Phi) is 50.1. The van der Waals surface area contributed by atoms with E-state index in [4.69, 9.17) is 18.5 Å². The van der Waals surface area contributed by atoms with E-state index in [9.17, 15) is 19.0 Å². The van der Waals surface area contributed by atoms with E-state index in [1.165, 1.54) is 77.0 Å². The molecule has 0 aliphatic carbocycles. The maximum atomic E-state index is 12.8. The minimum absolute atomic E-state index is 0.0226. The molecular weight excluding hydrogens is 918 g/mol. The van der Waals surface area contributed by atoms with Crippen molar-refractivity contribution in [1.82, 2.24) is 0 Å². The van der Waals surface area contributed by atoms with Crippen molar-refractivity contribution in [3.05, 3.63) is 109 Å². The van der Waals surface area contributed by atoms with Crippen LogP contribution >= 0.6 is 7.82 Å². The predicted octanol–water partition coefficient (Wildman–Crippen LogP) is 17.8. The molecule has 1 N–H and O–H groups in total. The molecule has 0 aromatic carbocycles. The van der Waals surface area contributed by atoms with E-state index in [1.807, 2.05) is 21.1 Å². The molecule has 2 unspecified atom stereocenters. The van der Waals surface area contributed by atoms with Crippen molar-refractivity contribution in [1.29, 1.82) is 0 Å². The topological polar surface area (TPSA) is 108 Å². The van der Waals surface area contributed by atoms with Gasteiger partial charge in [0.1, 0.15) is 19.8 Å². The van der Waals surface area contributed by atoms with Crippen molar-refractivity contribution in [2.75, 3.05) is 47.5 Å². The summed E-state index contributed by atoms with van der Waals surface area (Å²) in [4.78, 5) is 35.6. The molecular formula is C62H107NO8P+. The molecule has 0 rings (SSSR count). The van der Waals surface area contributed by atoms with Crippen LogP contribution in [-0.2, 0) is 32.7 Å². The van der Waals surface area contributed by atoms with Gasteiger partial charge in [-0.2, -0.15) is 0 Å². The Labute approximate surface area is 442 Å². The van der Waals surface area contributed by atoms with E-state index >= 15 is 0 Å². The van der Waals surface area contributed by atoms with Gasteiger partial charge in [-0.25, -0.2) is 4.57 Å². The van der Waals surface area contributed by atoms with Gasteiger partial charge in [-0.3, -0.25) is 18.6 Å². The summed E-state index contributed by atoms with van der Waals surface area (Å²) >= 11 is 0. The number of esters is 2. The molecule has 72 heavy (non-hydrogen) atoms. The summed E-state index contributed by atoms with van der Waals surface area (Å²) in [6.45, 7) is 4.17. The first-order valence-corrected chi connectivity index (χ1v) is 30.1. The summed E-state index contributed by atoms with van der Waals surface area (Å²) in [5, 5.41) is 0. The van der Waals surface area contributed by atoms with Crippen molar-refractivity contribution >= 4 is 19.8 Å². The van der Waals surface area contributed by atoms with E-state index in [-0.39, 0.29) is 26.1 Å². The first kappa shape index (κ1) is 68.7. The number of unbranched alkanes of at least 4 members (excludes halogenated alkanes) is 19. The van der Waals surface area contributed by atoms with Gasteiger partial charge in [0.15, 0.2) is 6.10 Å². The lowest BCUT2D eigenvalue weighted by atomic mass is 10.0. The molecule has 0 aliphatic heterocycles. The van der Waals surface area contributed by atoms with Crippen LogP contribution < -0.4 is 0 Å². The Hall–Kier alpha value is -3.33. The van der Waals surface area contributed by atoms with Gasteiger partial charge < -0.3 is 18.9 Å².